The van der Waals surface area contributed by atoms with Crippen molar-refractivity contribution in [3.05, 3.63) is 137 Å². The van der Waals surface area contributed by atoms with Gasteiger partial charge in [0.05, 0.1) is 6.10 Å². The van der Waals surface area contributed by atoms with E-state index in [1.165, 1.54) is 45.5 Å². The third kappa shape index (κ3) is 7.53. The second-order valence-corrected chi connectivity index (χ2v) is 18.0. The third-order valence-electron chi connectivity index (χ3n) is 10.1. The molecule has 1 aliphatic rings. The molecular weight excluding hydrogens is 577 g/mol. The van der Waals surface area contributed by atoms with Gasteiger partial charge >= 0.3 is 0 Å². The Labute approximate surface area is 279 Å². The van der Waals surface area contributed by atoms with Gasteiger partial charge in [0, 0.05) is 5.92 Å². The highest BCUT2D eigenvalue weighted by atomic mass is 28.3. The first-order valence-corrected chi connectivity index (χ1v) is 18.6. The summed E-state index contributed by atoms with van der Waals surface area (Å²) < 4.78 is 7.21. The van der Waals surface area contributed by atoms with Crippen LogP contribution in [0.3, 0.4) is 0 Å². The Morgan fingerprint density at radius 2 is 1.33 bits per heavy atom. The number of carbonyl (C=O) groups is 1. The number of fused-ring (bicyclic) bond motifs is 1. The van der Waals surface area contributed by atoms with E-state index in [1.54, 1.807) is 0 Å². The minimum absolute atomic E-state index is 0.128. The SMILES string of the molecule is CC(=CCC(C=O)c1cccc(C(O[SiH](c2ccccc2)c2ccccc2)C(C)(C)C)c1)c1ccc2c(c1)C(C)(C)CCC2(C)C. The van der Waals surface area contributed by atoms with Gasteiger partial charge in [-0.2, -0.15) is 0 Å². The zero-order valence-electron chi connectivity index (χ0n) is 29.1. The first-order chi connectivity index (χ1) is 21.8. The second kappa shape index (κ2) is 13.7. The van der Waals surface area contributed by atoms with E-state index in [0.29, 0.717) is 6.42 Å². The number of hydrogen-bond donors (Lipinski definition) is 0. The van der Waals surface area contributed by atoms with Crippen molar-refractivity contribution in [1.82, 2.24) is 0 Å². The van der Waals surface area contributed by atoms with Crippen LogP contribution in [0, 0.1) is 5.41 Å². The van der Waals surface area contributed by atoms with Crippen molar-refractivity contribution >= 4 is 31.3 Å². The zero-order valence-corrected chi connectivity index (χ0v) is 30.3. The minimum Gasteiger partial charge on any atom is -0.403 e. The molecule has 2 unspecified atom stereocenters. The summed E-state index contributed by atoms with van der Waals surface area (Å²) in [6, 6.07) is 36.9. The van der Waals surface area contributed by atoms with E-state index < -0.39 is 9.04 Å². The number of aldehydes is 1. The lowest BCUT2D eigenvalue weighted by molar-refractivity contribution is -0.109. The van der Waals surface area contributed by atoms with Crippen LogP contribution in [0.4, 0.5) is 0 Å². The van der Waals surface area contributed by atoms with E-state index in [2.05, 4.69) is 165 Å². The van der Waals surface area contributed by atoms with E-state index in [4.69, 9.17) is 4.43 Å². The molecule has 0 radical (unpaired) electrons. The molecule has 0 bridgehead atoms. The van der Waals surface area contributed by atoms with Gasteiger partial charge in [-0.15, -0.1) is 0 Å². The van der Waals surface area contributed by atoms with Gasteiger partial charge in [-0.05, 0) is 86.2 Å². The molecule has 4 aromatic rings. The standard InChI is InChI=1S/C43H52O2Si/c1-31(32-24-25-38-39(29-32)43(7,8)27-26-42(38,5)6)22-23-35(30-44)33-16-15-17-34(28-33)40(41(2,3)4)45-46(36-18-11-9-12-19-36)37-20-13-10-14-21-37/h9-22,24-25,28-30,35,40,46H,23,26-27H2,1-8H3. The van der Waals surface area contributed by atoms with Crippen LogP contribution in [0.5, 0.6) is 0 Å². The fourth-order valence-corrected chi connectivity index (χ4v) is 9.68. The fraction of sp³-hybridized carbons (Fsp3) is 0.372. The number of hydrogen-bond acceptors (Lipinski definition) is 2. The van der Waals surface area contributed by atoms with Gasteiger partial charge in [0.1, 0.15) is 6.29 Å². The summed E-state index contributed by atoms with van der Waals surface area (Å²) in [6.07, 6.45) is 6.31. The Kier molecular flexibility index (Phi) is 10.1. The van der Waals surface area contributed by atoms with Crippen LogP contribution in [-0.4, -0.2) is 15.3 Å². The van der Waals surface area contributed by atoms with Crippen molar-refractivity contribution in [3.63, 3.8) is 0 Å². The lowest BCUT2D eigenvalue weighted by Gasteiger charge is -2.42. The maximum atomic E-state index is 12.6. The van der Waals surface area contributed by atoms with Crippen LogP contribution in [0.15, 0.2) is 109 Å². The van der Waals surface area contributed by atoms with Gasteiger partial charge in [-0.25, -0.2) is 0 Å². The summed E-state index contributed by atoms with van der Waals surface area (Å²) in [5, 5.41) is 2.53. The lowest BCUT2D eigenvalue weighted by atomic mass is 9.63. The molecule has 46 heavy (non-hydrogen) atoms. The van der Waals surface area contributed by atoms with Gasteiger partial charge in [0.25, 0.3) is 0 Å². The largest absolute Gasteiger partial charge is 0.403 e. The molecule has 0 fully saturated rings. The molecule has 0 heterocycles. The number of rotatable bonds is 10. The quantitative estimate of drug-likeness (QED) is 0.129. The van der Waals surface area contributed by atoms with Crippen molar-refractivity contribution in [2.75, 3.05) is 0 Å². The highest BCUT2D eigenvalue weighted by Crippen LogP contribution is 2.46. The smallest absolute Gasteiger partial charge is 0.240 e. The maximum absolute atomic E-state index is 12.6. The predicted octanol–water partition coefficient (Wildman–Crippen LogP) is 9.45. The number of benzene rings is 4. The first-order valence-electron chi connectivity index (χ1n) is 16.9. The topological polar surface area (TPSA) is 26.3 Å². The van der Waals surface area contributed by atoms with Gasteiger partial charge in [0.2, 0.25) is 9.04 Å². The summed E-state index contributed by atoms with van der Waals surface area (Å²) in [7, 11) is -1.99. The molecular formula is C43H52O2Si. The van der Waals surface area contributed by atoms with E-state index >= 15 is 0 Å². The number of allylic oxidation sites excluding steroid dienone is 2. The van der Waals surface area contributed by atoms with Gasteiger partial charge < -0.3 is 9.22 Å². The summed E-state index contributed by atoms with van der Waals surface area (Å²) in [4.78, 5) is 12.6. The molecule has 0 aromatic heterocycles. The highest BCUT2D eigenvalue weighted by Gasteiger charge is 2.37. The summed E-state index contributed by atoms with van der Waals surface area (Å²) in [5.74, 6) is -0.222. The Morgan fingerprint density at radius 1 is 0.761 bits per heavy atom. The van der Waals surface area contributed by atoms with Gasteiger partial charge in [-0.3, -0.25) is 0 Å². The van der Waals surface area contributed by atoms with Gasteiger partial charge in [-0.1, -0.05) is 158 Å². The Morgan fingerprint density at radius 3 is 1.89 bits per heavy atom. The van der Waals surface area contributed by atoms with Crippen molar-refractivity contribution in [2.45, 2.75) is 97.5 Å². The number of carbonyl (C=O) groups excluding carboxylic acids is 1. The third-order valence-corrected chi connectivity index (χ3v) is 12.6. The average Bonchev–Trinajstić information content (AvgIpc) is 3.04. The Hall–Kier alpha value is -3.53. The van der Waals surface area contributed by atoms with E-state index in [1.807, 2.05) is 0 Å². The summed E-state index contributed by atoms with van der Waals surface area (Å²) in [5.41, 5.74) is 7.81. The summed E-state index contributed by atoms with van der Waals surface area (Å²) >= 11 is 0. The molecule has 0 saturated carbocycles. The van der Waals surface area contributed by atoms with Crippen LogP contribution in [0.1, 0.15) is 114 Å². The van der Waals surface area contributed by atoms with E-state index in [-0.39, 0.29) is 28.3 Å². The average molecular weight is 629 g/mol. The first kappa shape index (κ1) is 33.8. The van der Waals surface area contributed by atoms with Crippen LogP contribution in [0.2, 0.25) is 0 Å². The second-order valence-electron chi connectivity index (χ2n) is 15.6. The monoisotopic (exact) mass is 628 g/mol. The molecule has 2 atom stereocenters. The molecule has 0 aliphatic heterocycles. The van der Waals surface area contributed by atoms with Crippen molar-refractivity contribution < 1.29 is 9.22 Å². The van der Waals surface area contributed by atoms with Crippen LogP contribution < -0.4 is 10.4 Å². The molecule has 0 amide bonds. The zero-order chi connectivity index (χ0) is 33.1. The van der Waals surface area contributed by atoms with Crippen LogP contribution >= 0.6 is 0 Å². The molecule has 0 spiro atoms. The molecule has 240 valence electrons. The molecule has 3 heteroatoms. The minimum atomic E-state index is -1.99. The lowest BCUT2D eigenvalue weighted by Crippen LogP contribution is -2.47. The van der Waals surface area contributed by atoms with Crippen molar-refractivity contribution in [1.29, 1.82) is 0 Å². The molecule has 5 rings (SSSR count). The highest BCUT2D eigenvalue weighted by molar-refractivity contribution is 6.80. The Balaban J connectivity index is 1.42. The molecule has 1 aliphatic carbocycles. The molecule has 2 nitrogen and oxygen atoms in total. The molecule has 0 saturated heterocycles. The summed E-state index contributed by atoms with van der Waals surface area (Å²) in [6.45, 7) is 18.4. The van der Waals surface area contributed by atoms with Crippen molar-refractivity contribution in [3.8, 4) is 0 Å². The van der Waals surface area contributed by atoms with Crippen LogP contribution in [-0.2, 0) is 20.1 Å². The fourth-order valence-electron chi connectivity index (χ4n) is 7.00. The van der Waals surface area contributed by atoms with E-state index in [0.717, 1.165) is 17.4 Å². The van der Waals surface area contributed by atoms with Crippen molar-refractivity contribution in [2.24, 2.45) is 5.41 Å². The predicted molar refractivity (Wildman–Crippen MR) is 198 cm³/mol. The molecule has 4 aromatic carbocycles. The van der Waals surface area contributed by atoms with E-state index in [9.17, 15) is 4.79 Å². The van der Waals surface area contributed by atoms with Crippen LogP contribution in [0.25, 0.3) is 5.57 Å². The van der Waals surface area contributed by atoms with Gasteiger partial charge in [0.15, 0.2) is 0 Å². The maximum Gasteiger partial charge on any atom is 0.240 e. The molecule has 0 N–H and O–H groups in total. The Bertz CT molecular complexity index is 1620. The normalized spacial score (nSPS) is 17.3.